The number of para-hydroxylation sites is 1. The quantitative estimate of drug-likeness (QED) is 0.599. The van der Waals surface area contributed by atoms with Crippen molar-refractivity contribution in [3.05, 3.63) is 60.4 Å². The number of amides is 1. The van der Waals surface area contributed by atoms with Gasteiger partial charge in [0, 0.05) is 43.5 Å². The van der Waals surface area contributed by atoms with Crippen LogP contribution in [0.5, 0.6) is 5.75 Å². The van der Waals surface area contributed by atoms with Gasteiger partial charge < -0.3 is 14.9 Å². The van der Waals surface area contributed by atoms with Crippen molar-refractivity contribution in [3.63, 3.8) is 0 Å². The molecule has 0 bridgehead atoms. The zero-order valence-corrected chi connectivity index (χ0v) is 18.0. The van der Waals surface area contributed by atoms with Crippen molar-refractivity contribution < 1.29 is 9.90 Å². The summed E-state index contributed by atoms with van der Waals surface area (Å²) < 4.78 is 2.11. The van der Waals surface area contributed by atoms with Crippen molar-refractivity contribution in [1.82, 2.24) is 19.7 Å². The number of anilines is 1. The predicted molar refractivity (Wildman–Crippen MR) is 121 cm³/mol. The minimum atomic E-state index is 0.130. The Balaban J connectivity index is 1.21. The Kier molecular flexibility index (Phi) is 5.55. The zero-order valence-electron chi connectivity index (χ0n) is 17.2. The first-order chi connectivity index (χ1) is 15.2. The fourth-order valence-corrected chi connectivity index (χ4v) is 4.76. The lowest BCUT2D eigenvalue weighted by molar-refractivity contribution is -0.128. The maximum Gasteiger partial charge on any atom is 0.233 e. The highest BCUT2D eigenvalue weighted by molar-refractivity contribution is 7.99. The smallest absolute Gasteiger partial charge is 0.233 e. The molecule has 1 saturated heterocycles. The lowest BCUT2D eigenvalue weighted by atomic mass is 10.2. The van der Waals surface area contributed by atoms with Gasteiger partial charge in [-0.05, 0) is 49.2 Å². The highest BCUT2D eigenvalue weighted by Gasteiger charge is 2.31. The molecule has 0 unspecified atom stereocenters. The van der Waals surface area contributed by atoms with Gasteiger partial charge in [0.2, 0.25) is 5.91 Å². The summed E-state index contributed by atoms with van der Waals surface area (Å²) in [5.74, 6) is 2.23. The molecule has 0 radical (unpaired) electrons. The second-order valence-corrected chi connectivity index (χ2v) is 8.90. The summed E-state index contributed by atoms with van der Waals surface area (Å²) in [4.78, 5) is 17.0. The van der Waals surface area contributed by atoms with Crippen LogP contribution in [-0.4, -0.2) is 62.6 Å². The Morgan fingerprint density at radius 1 is 0.935 bits per heavy atom. The van der Waals surface area contributed by atoms with Crippen molar-refractivity contribution in [1.29, 1.82) is 0 Å². The summed E-state index contributed by atoms with van der Waals surface area (Å²) in [6.45, 7) is 2.96. The molecule has 1 N–H and O–H groups in total. The molecule has 1 aromatic heterocycles. The van der Waals surface area contributed by atoms with Crippen LogP contribution in [0.25, 0.3) is 5.69 Å². The van der Waals surface area contributed by atoms with Crippen LogP contribution in [0.4, 0.5) is 5.69 Å². The van der Waals surface area contributed by atoms with Crippen LogP contribution in [0.2, 0.25) is 0 Å². The highest BCUT2D eigenvalue weighted by Crippen LogP contribution is 2.41. The van der Waals surface area contributed by atoms with Crippen molar-refractivity contribution in [3.8, 4) is 11.4 Å². The Hall–Kier alpha value is -3.00. The molecule has 1 saturated carbocycles. The first kappa shape index (κ1) is 19.9. The third-order valence-electron chi connectivity index (χ3n) is 5.79. The number of carbonyl (C=O) groups is 1. The lowest BCUT2D eigenvalue weighted by Crippen LogP contribution is -2.49. The van der Waals surface area contributed by atoms with E-state index in [0.717, 1.165) is 48.3 Å². The SMILES string of the molecule is O=C(CSc1nnc(C2CC2)n1-c1ccccc1)N1CCN(c2ccc(O)cc2)CC1. The molecule has 31 heavy (non-hydrogen) atoms. The first-order valence-corrected chi connectivity index (χ1v) is 11.6. The first-order valence-electron chi connectivity index (χ1n) is 10.6. The number of hydrogen-bond acceptors (Lipinski definition) is 6. The van der Waals surface area contributed by atoms with E-state index in [1.54, 1.807) is 12.1 Å². The van der Waals surface area contributed by atoms with Crippen LogP contribution in [0.1, 0.15) is 24.6 Å². The summed E-state index contributed by atoms with van der Waals surface area (Å²) in [5, 5.41) is 19.1. The van der Waals surface area contributed by atoms with Gasteiger partial charge in [-0.1, -0.05) is 30.0 Å². The van der Waals surface area contributed by atoms with Crippen molar-refractivity contribution in [2.45, 2.75) is 23.9 Å². The number of carbonyl (C=O) groups excluding carboxylic acids is 1. The van der Waals surface area contributed by atoms with Crippen LogP contribution in [0.15, 0.2) is 59.8 Å². The maximum absolute atomic E-state index is 12.9. The molecule has 3 aromatic rings. The molecule has 1 amide bonds. The Morgan fingerprint density at radius 2 is 1.65 bits per heavy atom. The average molecular weight is 436 g/mol. The van der Waals surface area contributed by atoms with Crippen molar-refractivity contribution in [2.75, 3.05) is 36.8 Å². The molecule has 0 atom stereocenters. The number of aromatic nitrogens is 3. The molecule has 160 valence electrons. The van der Waals surface area contributed by atoms with Crippen LogP contribution in [-0.2, 0) is 4.79 Å². The molecule has 0 spiro atoms. The van der Waals surface area contributed by atoms with Crippen LogP contribution in [0, 0.1) is 0 Å². The van der Waals surface area contributed by atoms with Crippen LogP contribution < -0.4 is 4.90 Å². The highest BCUT2D eigenvalue weighted by atomic mass is 32.2. The summed E-state index contributed by atoms with van der Waals surface area (Å²) in [7, 11) is 0. The number of aromatic hydroxyl groups is 1. The molecule has 2 aromatic carbocycles. The van der Waals surface area contributed by atoms with E-state index in [1.165, 1.54) is 11.8 Å². The number of piperazine rings is 1. The third-order valence-corrected chi connectivity index (χ3v) is 6.70. The molecular formula is C23H25N5O2S. The molecule has 5 rings (SSSR count). The fourth-order valence-electron chi connectivity index (χ4n) is 3.90. The van der Waals surface area contributed by atoms with Gasteiger partial charge >= 0.3 is 0 Å². The number of phenols is 1. The van der Waals surface area contributed by atoms with E-state index in [0.29, 0.717) is 24.8 Å². The topological polar surface area (TPSA) is 74.5 Å². The molecule has 2 aliphatic rings. The normalized spacial score (nSPS) is 16.5. The summed E-state index contributed by atoms with van der Waals surface area (Å²) >= 11 is 1.47. The number of hydrogen-bond donors (Lipinski definition) is 1. The standard InChI is InChI=1S/C23H25N5O2S/c29-20-10-8-18(9-11-20)26-12-14-27(15-13-26)21(30)16-31-23-25-24-22(17-6-7-17)28(23)19-4-2-1-3-5-19/h1-5,8-11,17,29H,6-7,12-16H2. The van der Waals surface area contributed by atoms with Crippen LogP contribution >= 0.6 is 11.8 Å². The Labute approximate surface area is 185 Å². The Morgan fingerprint density at radius 3 is 2.32 bits per heavy atom. The summed E-state index contributed by atoms with van der Waals surface area (Å²) in [5.41, 5.74) is 2.12. The van der Waals surface area contributed by atoms with E-state index in [2.05, 4.69) is 31.8 Å². The maximum atomic E-state index is 12.9. The minimum absolute atomic E-state index is 0.130. The largest absolute Gasteiger partial charge is 0.508 e. The number of rotatable bonds is 6. The van der Waals surface area contributed by atoms with E-state index in [-0.39, 0.29) is 11.7 Å². The van der Waals surface area contributed by atoms with Crippen molar-refractivity contribution >= 4 is 23.4 Å². The molecule has 8 heteroatoms. The number of nitrogens with zero attached hydrogens (tertiary/aromatic N) is 5. The molecule has 1 aliphatic carbocycles. The molecule has 7 nitrogen and oxygen atoms in total. The van der Waals surface area contributed by atoms with Gasteiger partial charge in [0.05, 0.1) is 5.75 Å². The average Bonchev–Trinajstić information content (AvgIpc) is 3.58. The van der Waals surface area contributed by atoms with Gasteiger partial charge in [-0.3, -0.25) is 9.36 Å². The van der Waals surface area contributed by atoms with Gasteiger partial charge in [-0.25, -0.2) is 0 Å². The van der Waals surface area contributed by atoms with E-state index in [1.807, 2.05) is 35.2 Å². The van der Waals surface area contributed by atoms with E-state index in [4.69, 9.17) is 0 Å². The molecule has 2 fully saturated rings. The molecular weight excluding hydrogens is 410 g/mol. The predicted octanol–water partition coefficient (Wildman–Crippen LogP) is 3.29. The summed E-state index contributed by atoms with van der Waals surface area (Å²) in [6, 6.07) is 17.4. The van der Waals surface area contributed by atoms with Gasteiger partial charge in [0.15, 0.2) is 5.16 Å². The van der Waals surface area contributed by atoms with Crippen LogP contribution in [0.3, 0.4) is 0 Å². The third kappa shape index (κ3) is 4.39. The van der Waals surface area contributed by atoms with Gasteiger partial charge in [0.25, 0.3) is 0 Å². The number of benzene rings is 2. The number of thioether (sulfide) groups is 1. The van der Waals surface area contributed by atoms with Crippen molar-refractivity contribution in [2.24, 2.45) is 0 Å². The van der Waals surface area contributed by atoms with E-state index in [9.17, 15) is 9.90 Å². The second-order valence-electron chi connectivity index (χ2n) is 7.96. The molecule has 2 heterocycles. The number of phenolic OH excluding ortho intramolecular Hbond substituents is 1. The van der Waals surface area contributed by atoms with Gasteiger partial charge in [-0.15, -0.1) is 10.2 Å². The fraction of sp³-hybridized carbons (Fsp3) is 0.348. The van der Waals surface area contributed by atoms with Gasteiger partial charge in [-0.2, -0.15) is 0 Å². The monoisotopic (exact) mass is 435 g/mol. The van der Waals surface area contributed by atoms with Gasteiger partial charge in [0.1, 0.15) is 11.6 Å². The summed E-state index contributed by atoms with van der Waals surface area (Å²) in [6.07, 6.45) is 2.31. The second kappa shape index (κ2) is 8.63. The minimum Gasteiger partial charge on any atom is -0.508 e. The zero-order chi connectivity index (χ0) is 21.2. The lowest BCUT2D eigenvalue weighted by Gasteiger charge is -2.36. The Bertz CT molecular complexity index is 1040. The van der Waals surface area contributed by atoms with E-state index >= 15 is 0 Å². The van der Waals surface area contributed by atoms with E-state index < -0.39 is 0 Å². The molecule has 1 aliphatic heterocycles.